The molecule has 0 bridgehead atoms. The number of piperidine rings is 1. The second-order valence-corrected chi connectivity index (χ2v) is 7.29. The van der Waals surface area contributed by atoms with Crippen LogP contribution in [0.2, 0.25) is 0 Å². The Kier molecular flexibility index (Phi) is 5.41. The van der Waals surface area contributed by atoms with Crippen LogP contribution in [-0.2, 0) is 4.79 Å². The normalized spacial score (nSPS) is 21.0. The van der Waals surface area contributed by atoms with E-state index in [0.717, 1.165) is 63.0 Å². The Bertz CT molecular complexity index is 561. The summed E-state index contributed by atoms with van der Waals surface area (Å²) in [5.41, 5.74) is 1.02. The zero-order chi connectivity index (χ0) is 17.0. The van der Waals surface area contributed by atoms with Crippen molar-refractivity contribution in [3.63, 3.8) is 0 Å². The maximum Gasteiger partial charge on any atom is 0.227 e. The molecule has 2 aliphatic rings. The Morgan fingerprint density at radius 3 is 2.54 bits per heavy atom. The van der Waals surface area contributed by atoms with E-state index in [-0.39, 0.29) is 18.9 Å². The van der Waals surface area contributed by atoms with Gasteiger partial charge in [0.2, 0.25) is 5.91 Å². The van der Waals surface area contributed by atoms with Crippen molar-refractivity contribution in [3.8, 4) is 0 Å². The molecule has 2 fully saturated rings. The highest BCUT2D eigenvalue weighted by Gasteiger charge is 2.33. The molecule has 0 aromatic heterocycles. The summed E-state index contributed by atoms with van der Waals surface area (Å²) in [6, 6.07) is 7.85. The summed E-state index contributed by atoms with van der Waals surface area (Å²) in [6.45, 7) is 2.04. The molecular weight excluding hydrogens is 304 g/mol. The topological polar surface area (TPSA) is 72.8 Å². The van der Waals surface area contributed by atoms with Crippen molar-refractivity contribution in [1.29, 1.82) is 0 Å². The quantitative estimate of drug-likeness (QED) is 0.775. The number of carbonyl (C=O) groups is 1. The number of benzene rings is 1. The molecule has 1 aromatic rings. The molecule has 1 aliphatic carbocycles. The van der Waals surface area contributed by atoms with Gasteiger partial charge in [-0.15, -0.1) is 0 Å². The fourth-order valence-electron chi connectivity index (χ4n) is 3.91. The van der Waals surface area contributed by atoms with E-state index in [1.165, 1.54) is 0 Å². The third kappa shape index (κ3) is 4.08. The van der Waals surface area contributed by atoms with Crippen molar-refractivity contribution in [3.05, 3.63) is 24.3 Å². The SMILES string of the molecule is O=C(CC1(O)CCCC1)Nc1ccccc1N1CCC(CO)CC1. The van der Waals surface area contributed by atoms with Gasteiger partial charge in [0, 0.05) is 19.7 Å². The first-order valence-electron chi connectivity index (χ1n) is 9.07. The van der Waals surface area contributed by atoms with Gasteiger partial charge in [-0.25, -0.2) is 0 Å². The lowest BCUT2D eigenvalue weighted by atomic mass is 9.97. The van der Waals surface area contributed by atoms with Crippen LogP contribution in [-0.4, -0.2) is 41.4 Å². The number of carbonyl (C=O) groups excluding carboxylic acids is 1. The molecular formula is C19H28N2O3. The van der Waals surface area contributed by atoms with Gasteiger partial charge in [-0.3, -0.25) is 4.79 Å². The van der Waals surface area contributed by atoms with Crippen molar-refractivity contribution in [1.82, 2.24) is 0 Å². The van der Waals surface area contributed by atoms with Gasteiger partial charge in [0.1, 0.15) is 0 Å². The van der Waals surface area contributed by atoms with Gasteiger partial charge in [-0.2, -0.15) is 0 Å². The fraction of sp³-hybridized carbons (Fsp3) is 0.632. The van der Waals surface area contributed by atoms with E-state index >= 15 is 0 Å². The highest BCUT2D eigenvalue weighted by Crippen LogP contribution is 2.34. The molecule has 1 heterocycles. The number of hydrogen-bond acceptors (Lipinski definition) is 4. The largest absolute Gasteiger partial charge is 0.396 e. The second-order valence-electron chi connectivity index (χ2n) is 7.29. The zero-order valence-corrected chi connectivity index (χ0v) is 14.2. The molecule has 132 valence electrons. The van der Waals surface area contributed by atoms with E-state index < -0.39 is 5.60 Å². The molecule has 1 aromatic carbocycles. The van der Waals surface area contributed by atoms with Crippen LogP contribution in [0.15, 0.2) is 24.3 Å². The molecule has 5 nitrogen and oxygen atoms in total. The van der Waals surface area contributed by atoms with Crippen LogP contribution in [0.1, 0.15) is 44.9 Å². The lowest BCUT2D eigenvalue weighted by molar-refractivity contribution is -0.120. The lowest BCUT2D eigenvalue weighted by Crippen LogP contribution is -2.35. The van der Waals surface area contributed by atoms with Gasteiger partial charge >= 0.3 is 0 Å². The summed E-state index contributed by atoms with van der Waals surface area (Å²) in [4.78, 5) is 14.7. The number of anilines is 2. The van der Waals surface area contributed by atoms with Gasteiger partial charge in [0.05, 0.1) is 23.4 Å². The van der Waals surface area contributed by atoms with E-state index in [1.807, 2.05) is 24.3 Å². The molecule has 1 aliphatic heterocycles. The second kappa shape index (κ2) is 7.53. The molecule has 3 rings (SSSR count). The maximum atomic E-state index is 12.4. The predicted molar refractivity (Wildman–Crippen MR) is 95.1 cm³/mol. The Morgan fingerprint density at radius 2 is 1.88 bits per heavy atom. The van der Waals surface area contributed by atoms with Gasteiger partial charge in [-0.1, -0.05) is 25.0 Å². The molecule has 1 amide bonds. The van der Waals surface area contributed by atoms with Crippen molar-refractivity contribution in [2.24, 2.45) is 5.92 Å². The highest BCUT2D eigenvalue weighted by molar-refractivity contribution is 5.95. The lowest BCUT2D eigenvalue weighted by Gasteiger charge is -2.34. The number of hydrogen-bond donors (Lipinski definition) is 3. The molecule has 0 unspecified atom stereocenters. The number of nitrogens with one attached hydrogen (secondary N) is 1. The number of aliphatic hydroxyl groups is 2. The number of amides is 1. The average Bonchev–Trinajstić information content (AvgIpc) is 3.01. The van der Waals surface area contributed by atoms with Gasteiger partial charge in [0.15, 0.2) is 0 Å². The van der Waals surface area contributed by atoms with Crippen LogP contribution in [0.4, 0.5) is 11.4 Å². The molecule has 5 heteroatoms. The average molecular weight is 332 g/mol. The minimum Gasteiger partial charge on any atom is -0.396 e. The maximum absolute atomic E-state index is 12.4. The van der Waals surface area contributed by atoms with E-state index in [4.69, 9.17) is 0 Å². The van der Waals surface area contributed by atoms with Gasteiger partial charge in [-0.05, 0) is 43.7 Å². The van der Waals surface area contributed by atoms with Gasteiger partial charge in [0.25, 0.3) is 0 Å². The summed E-state index contributed by atoms with van der Waals surface area (Å²) >= 11 is 0. The summed E-state index contributed by atoms with van der Waals surface area (Å²) in [6.07, 6.45) is 5.55. The van der Waals surface area contributed by atoms with Crippen LogP contribution >= 0.6 is 0 Å². The van der Waals surface area contributed by atoms with Crippen LogP contribution in [0.25, 0.3) is 0 Å². The van der Waals surface area contributed by atoms with Crippen LogP contribution in [0.5, 0.6) is 0 Å². The monoisotopic (exact) mass is 332 g/mol. The Labute approximate surface area is 143 Å². The van der Waals surface area contributed by atoms with Crippen molar-refractivity contribution in [2.75, 3.05) is 29.9 Å². The number of nitrogens with zero attached hydrogens (tertiary/aromatic N) is 1. The third-order valence-electron chi connectivity index (χ3n) is 5.42. The summed E-state index contributed by atoms with van der Waals surface area (Å²) in [5.74, 6) is 0.275. The number of aliphatic hydroxyl groups excluding tert-OH is 1. The minimum absolute atomic E-state index is 0.114. The number of para-hydroxylation sites is 2. The van der Waals surface area contributed by atoms with E-state index in [1.54, 1.807) is 0 Å². The molecule has 0 radical (unpaired) electrons. The molecule has 24 heavy (non-hydrogen) atoms. The zero-order valence-electron chi connectivity index (χ0n) is 14.2. The predicted octanol–water partition coefficient (Wildman–Crippen LogP) is 2.53. The highest BCUT2D eigenvalue weighted by atomic mass is 16.3. The molecule has 1 saturated carbocycles. The summed E-state index contributed by atoms with van der Waals surface area (Å²) in [7, 11) is 0. The third-order valence-corrected chi connectivity index (χ3v) is 5.42. The fourth-order valence-corrected chi connectivity index (χ4v) is 3.91. The first-order valence-corrected chi connectivity index (χ1v) is 9.07. The van der Waals surface area contributed by atoms with Crippen LogP contribution in [0.3, 0.4) is 0 Å². The Hall–Kier alpha value is -1.59. The van der Waals surface area contributed by atoms with E-state index in [9.17, 15) is 15.0 Å². The first kappa shape index (κ1) is 17.2. The van der Waals surface area contributed by atoms with E-state index in [0.29, 0.717) is 5.92 Å². The minimum atomic E-state index is -0.821. The first-order chi connectivity index (χ1) is 11.6. The Morgan fingerprint density at radius 1 is 1.21 bits per heavy atom. The van der Waals surface area contributed by atoms with Crippen molar-refractivity contribution >= 4 is 17.3 Å². The van der Waals surface area contributed by atoms with Crippen LogP contribution < -0.4 is 10.2 Å². The Balaban J connectivity index is 1.65. The summed E-state index contributed by atoms with van der Waals surface area (Å²) < 4.78 is 0. The van der Waals surface area contributed by atoms with E-state index in [2.05, 4.69) is 10.2 Å². The molecule has 1 saturated heterocycles. The van der Waals surface area contributed by atoms with Crippen molar-refractivity contribution < 1.29 is 15.0 Å². The van der Waals surface area contributed by atoms with Crippen LogP contribution in [0, 0.1) is 5.92 Å². The smallest absolute Gasteiger partial charge is 0.227 e. The van der Waals surface area contributed by atoms with Crippen molar-refractivity contribution in [2.45, 2.75) is 50.5 Å². The molecule has 0 atom stereocenters. The molecule has 0 spiro atoms. The summed E-state index contributed by atoms with van der Waals surface area (Å²) in [5, 5.41) is 22.7. The number of rotatable bonds is 5. The standard InChI is InChI=1S/C19H28N2O3/c22-14-15-7-11-21(12-8-15)17-6-2-1-5-16(17)20-18(23)13-19(24)9-3-4-10-19/h1-2,5-6,15,22,24H,3-4,7-14H2,(H,20,23). The van der Waals surface area contributed by atoms with Gasteiger partial charge < -0.3 is 20.4 Å². The molecule has 3 N–H and O–H groups in total.